The fourth-order valence-electron chi connectivity index (χ4n) is 2.66. The zero-order chi connectivity index (χ0) is 16.5. The van der Waals surface area contributed by atoms with Crippen LogP contribution in [0.4, 0.5) is 0 Å². The molecular weight excluding hydrogens is 326 g/mol. The van der Waals surface area contributed by atoms with Gasteiger partial charge in [0, 0.05) is 12.1 Å². The lowest BCUT2D eigenvalue weighted by atomic mass is 10.2. The van der Waals surface area contributed by atoms with Crippen molar-refractivity contribution in [2.75, 3.05) is 6.61 Å². The molecule has 0 saturated carbocycles. The predicted molar refractivity (Wildman–Crippen MR) is 89.0 cm³/mol. The second-order valence-corrected chi connectivity index (χ2v) is 6.60. The minimum Gasteiger partial charge on any atom is -0.469 e. The average Bonchev–Trinajstić information content (AvgIpc) is 3.30. The molecule has 1 aliphatic rings. The van der Waals surface area contributed by atoms with Crippen LogP contribution in [0.1, 0.15) is 12.2 Å². The molecule has 2 aromatic heterocycles. The van der Waals surface area contributed by atoms with Crippen molar-refractivity contribution in [3.05, 3.63) is 48.4 Å². The summed E-state index contributed by atoms with van der Waals surface area (Å²) < 4.78 is 12.4. The third-order valence-electron chi connectivity index (χ3n) is 3.88. The summed E-state index contributed by atoms with van der Waals surface area (Å²) in [5.41, 5.74) is 1.82. The van der Waals surface area contributed by atoms with Crippen molar-refractivity contribution < 1.29 is 13.9 Å². The number of benzene rings is 1. The Morgan fingerprint density at radius 2 is 2.04 bits per heavy atom. The predicted octanol–water partition coefficient (Wildman–Crippen LogP) is 3.24. The molecule has 1 fully saturated rings. The summed E-state index contributed by atoms with van der Waals surface area (Å²) >= 11 is 1.39. The van der Waals surface area contributed by atoms with Gasteiger partial charge in [0.2, 0.25) is 0 Å². The third kappa shape index (κ3) is 2.60. The Morgan fingerprint density at radius 1 is 1.21 bits per heavy atom. The lowest BCUT2D eigenvalue weighted by Gasteiger charge is -2.11. The van der Waals surface area contributed by atoms with Gasteiger partial charge in [-0.3, -0.25) is 9.36 Å². The maximum absolute atomic E-state index is 11.8. The normalized spacial score (nSPS) is 17.2. The Kier molecular flexibility index (Phi) is 3.86. The van der Waals surface area contributed by atoms with Gasteiger partial charge in [0.15, 0.2) is 11.0 Å². The molecule has 7 heteroatoms. The van der Waals surface area contributed by atoms with Crippen LogP contribution in [0.5, 0.6) is 0 Å². The van der Waals surface area contributed by atoms with Crippen LogP contribution in [0.15, 0.2) is 52.2 Å². The van der Waals surface area contributed by atoms with E-state index in [1.54, 1.807) is 6.26 Å². The Labute approximate surface area is 142 Å². The summed E-state index contributed by atoms with van der Waals surface area (Å²) in [5.74, 6) is 1.28. The van der Waals surface area contributed by atoms with Crippen LogP contribution in [0.25, 0.3) is 17.1 Å². The largest absolute Gasteiger partial charge is 0.469 e. The Morgan fingerprint density at radius 3 is 2.71 bits per heavy atom. The van der Waals surface area contributed by atoms with Gasteiger partial charge in [0.25, 0.3) is 0 Å². The van der Waals surface area contributed by atoms with E-state index in [9.17, 15) is 4.79 Å². The van der Waals surface area contributed by atoms with Gasteiger partial charge in [-0.1, -0.05) is 30.0 Å². The van der Waals surface area contributed by atoms with Crippen LogP contribution in [-0.4, -0.2) is 32.6 Å². The minimum absolute atomic E-state index is 0.191. The van der Waals surface area contributed by atoms with Crippen molar-refractivity contribution in [1.29, 1.82) is 0 Å². The van der Waals surface area contributed by atoms with E-state index in [-0.39, 0.29) is 11.2 Å². The molecule has 1 unspecified atom stereocenters. The summed E-state index contributed by atoms with van der Waals surface area (Å²) in [6.07, 6.45) is 2.32. The van der Waals surface area contributed by atoms with E-state index in [0.717, 1.165) is 17.0 Å². The summed E-state index contributed by atoms with van der Waals surface area (Å²) in [5, 5.41) is 9.08. The van der Waals surface area contributed by atoms with Crippen LogP contribution in [0.3, 0.4) is 0 Å². The van der Waals surface area contributed by atoms with Gasteiger partial charge in [0.05, 0.1) is 18.4 Å². The quantitative estimate of drug-likeness (QED) is 0.679. The first-order valence-corrected chi connectivity index (χ1v) is 8.50. The average molecular weight is 341 g/mol. The topological polar surface area (TPSA) is 70.2 Å². The molecule has 0 spiro atoms. The van der Waals surface area contributed by atoms with Crippen molar-refractivity contribution >= 4 is 17.7 Å². The number of rotatable bonds is 4. The van der Waals surface area contributed by atoms with Crippen molar-refractivity contribution in [3.63, 3.8) is 0 Å². The zero-order valence-corrected chi connectivity index (χ0v) is 13.8. The lowest BCUT2D eigenvalue weighted by Crippen LogP contribution is -2.11. The Hall–Kier alpha value is -2.54. The second kappa shape index (κ2) is 6.16. The molecular formula is C17H15N3O3S. The first kappa shape index (κ1) is 15.0. The molecule has 0 bridgehead atoms. The molecule has 3 aromatic rings. The summed E-state index contributed by atoms with van der Waals surface area (Å²) in [6, 6.07) is 11.7. The van der Waals surface area contributed by atoms with Gasteiger partial charge in [-0.05, 0) is 25.1 Å². The molecule has 1 aromatic carbocycles. The number of aromatic nitrogens is 3. The molecule has 6 nitrogen and oxygen atoms in total. The van der Waals surface area contributed by atoms with Gasteiger partial charge in [-0.2, -0.15) is 0 Å². The summed E-state index contributed by atoms with van der Waals surface area (Å²) in [7, 11) is 0. The van der Waals surface area contributed by atoms with Gasteiger partial charge in [-0.25, -0.2) is 0 Å². The fourth-order valence-corrected chi connectivity index (χ4v) is 3.68. The standard InChI is InChI=1S/C17H15N3O3S/c1-11-13(7-9-22-11)15-18-19-17(24-14-8-10-23-16(14)21)20(15)12-5-3-2-4-6-12/h2-7,9,14H,8,10H2,1H3. The van der Waals surface area contributed by atoms with Crippen molar-refractivity contribution in [1.82, 2.24) is 14.8 Å². The Bertz CT molecular complexity index is 872. The molecule has 4 rings (SSSR count). The van der Waals surface area contributed by atoms with Crippen LogP contribution >= 0.6 is 11.8 Å². The molecule has 24 heavy (non-hydrogen) atoms. The molecule has 122 valence electrons. The number of cyclic esters (lactones) is 1. The summed E-state index contributed by atoms with van der Waals surface area (Å²) in [6.45, 7) is 2.35. The molecule has 3 heterocycles. The number of esters is 1. The SMILES string of the molecule is Cc1occc1-c1nnc(SC2CCOC2=O)n1-c1ccccc1. The fraction of sp³-hybridized carbons (Fsp3) is 0.235. The number of furan rings is 1. The molecule has 1 atom stereocenters. The highest BCUT2D eigenvalue weighted by Crippen LogP contribution is 2.34. The monoisotopic (exact) mass is 341 g/mol. The first-order valence-electron chi connectivity index (χ1n) is 7.62. The third-order valence-corrected chi connectivity index (χ3v) is 5.07. The van der Waals surface area contributed by atoms with Gasteiger partial charge in [0.1, 0.15) is 11.0 Å². The number of hydrogen-bond donors (Lipinski definition) is 0. The number of aryl methyl sites for hydroxylation is 1. The highest BCUT2D eigenvalue weighted by atomic mass is 32.2. The van der Waals surface area contributed by atoms with E-state index in [0.29, 0.717) is 24.0 Å². The van der Waals surface area contributed by atoms with Crippen LogP contribution < -0.4 is 0 Å². The van der Waals surface area contributed by atoms with Crippen LogP contribution in [0.2, 0.25) is 0 Å². The first-order chi connectivity index (χ1) is 11.7. The molecule has 0 N–H and O–H groups in total. The molecule has 1 saturated heterocycles. The van der Waals surface area contributed by atoms with Gasteiger partial charge < -0.3 is 9.15 Å². The van der Waals surface area contributed by atoms with E-state index in [1.807, 2.05) is 47.9 Å². The van der Waals surface area contributed by atoms with E-state index >= 15 is 0 Å². The van der Waals surface area contributed by atoms with Crippen LogP contribution in [-0.2, 0) is 9.53 Å². The number of carbonyl (C=O) groups is 1. The highest BCUT2D eigenvalue weighted by molar-refractivity contribution is 8.00. The van der Waals surface area contributed by atoms with Crippen molar-refractivity contribution in [2.45, 2.75) is 23.8 Å². The van der Waals surface area contributed by atoms with Crippen molar-refractivity contribution in [3.8, 4) is 17.1 Å². The van der Waals surface area contributed by atoms with Crippen LogP contribution in [0, 0.1) is 6.92 Å². The van der Waals surface area contributed by atoms with Crippen molar-refractivity contribution in [2.24, 2.45) is 0 Å². The number of para-hydroxylation sites is 1. The number of hydrogen-bond acceptors (Lipinski definition) is 6. The molecule has 0 radical (unpaired) electrons. The highest BCUT2D eigenvalue weighted by Gasteiger charge is 2.30. The molecule has 1 aliphatic heterocycles. The second-order valence-electron chi connectivity index (χ2n) is 5.43. The van der Waals surface area contributed by atoms with E-state index in [1.165, 1.54) is 11.8 Å². The molecule has 0 amide bonds. The van der Waals surface area contributed by atoms with E-state index in [2.05, 4.69) is 10.2 Å². The van der Waals surface area contributed by atoms with Gasteiger partial charge in [-0.15, -0.1) is 10.2 Å². The maximum Gasteiger partial charge on any atom is 0.319 e. The number of thioether (sulfide) groups is 1. The van der Waals surface area contributed by atoms with Gasteiger partial charge >= 0.3 is 5.97 Å². The summed E-state index contributed by atoms with van der Waals surface area (Å²) in [4.78, 5) is 11.8. The maximum atomic E-state index is 11.8. The van der Waals surface area contributed by atoms with E-state index in [4.69, 9.17) is 9.15 Å². The zero-order valence-electron chi connectivity index (χ0n) is 13.0. The minimum atomic E-state index is -0.241. The Balaban J connectivity index is 1.81. The molecule has 0 aliphatic carbocycles. The lowest BCUT2D eigenvalue weighted by molar-refractivity contribution is -0.137. The number of nitrogens with zero attached hydrogens (tertiary/aromatic N) is 3. The number of ether oxygens (including phenoxy) is 1. The van der Waals surface area contributed by atoms with E-state index < -0.39 is 0 Å². The smallest absolute Gasteiger partial charge is 0.319 e. The number of carbonyl (C=O) groups excluding carboxylic acids is 1.